The number of hydrogen-bond donors (Lipinski definition) is 3. The Bertz CT molecular complexity index is 1450. The summed E-state index contributed by atoms with van der Waals surface area (Å²) in [6.45, 7) is 7.19. The van der Waals surface area contributed by atoms with Gasteiger partial charge in [-0.2, -0.15) is 0 Å². The van der Waals surface area contributed by atoms with Crippen LogP contribution in [0.2, 0.25) is 0 Å². The minimum Gasteiger partial charge on any atom is -0.489 e. The second kappa shape index (κ2) is 12.7. The number of pyridine rings is 1. The average Bonchev–Trinajstić information content (AvgIpc) is 2.95. The summed E-state index contributed by atoms with van der Waals surface area (Å²) in [5, 5.41) is 10.2. The van der Waals surface area contributed by atoms with Gasteiger partial charge >= 0.3 is 0 Å². The molecule has 1 atom stereocenters. The first-order valence-corrected chi connectivity index (χ1v) is 14.6. The first kappa shape index (κ1) is 29.4. The van der Waals surface area contributed by atoms with E-state index in [1.54, 1.807) is 27.4 Å². The van der Waals surface area contributed by atoms with Crippen LogP contribution < -0.4 is 14.9 Å². The van der Waals surface area contributed by atoms with Crippen LogP contribution in [0.25, 0.3) is 10.9 Å². The van der Waals surface area contributed by atoms with Crippen LogP contribution in [0.5, 0.6) is 5.75 Å². The highest BCUT2D eigenvalue weighted by molar-refractivity contribution is 7.89. The Morgan fingerprint density at radius 3 is 2.38 bits per heavy atom. The van der Waals surface area contributed by atoms with E-state index in [1.807, 2.05) is 51.1 Å². The smallest absolute Gasteiger partial charge is 0.262 e. The number of carbonyl (C=O) groups excluding carboxylic acids is 2. The first-order valence-electron chi connectivity index (χ1n) is 13.1. The van der Waals surface area contributed by atoms with E-state index >= 15 is 0 Å². The molecule has 1 fully saturated rings. The maximum Gasteiger partial charge on any atom is 0.262 e. The molecule has 2 amide bonds. The number of amides is 2. The topological polar surface area (TPSA) is 141 Å². The fraction of sp³-hybridized carbons (Fsp3) is 0.393. The number of fused-ring (bicyclic) bond motifs is 1. The minimum atomic E-state index is -3.96. The highest BCUT2D eigenvalue weighted by atomic mass is 32.2. The van der Waals surface area contributed by atoms with Crippen LogP contribution >= 0.6 is 0 Å². The van der Waals surface area contributed by atoms with Crippen molar-refractivity contribution in [2.45, 2.75) is 38.3 Å². The molecule has 12 heteroatoms. The lowest BCUT2D eigenvalue weighted by Crippen LogP contribution is -2.59. The van der Waals surface area contributed by atoms with Crippen molar-refractivity contribution in [1.29, 1.82) is 0 Å². The van der Waals surface area contributed by atoms with E-state index in [-0.39, 0.29) is 23.3 Å². The normalized spacial score (nSPS) is 15.3. The Balaban J connectivity index is 1.37. The van der Waals surface area contributed by atoms with Crippen molar-refractivity contribution in [3.63, 3.8) is 0 Å². The van der Waals surface area contributed by atoms with Crippen molar-refractivity contribution in [2.24, 2.45) is 5.92 Å². The first-order chi connectivity index (χ1) is 19.1. The van der Waals surface area contributed by atoms with Gasteiger partial charge in [-0.15, -0.1) is 0 Å². The van der Waals surface area contributed by atoms with Crippen molar-refractivity contribution in [3.05, 3.63) is 65.9 Å². The summed E-state index contributed by atoms with van der Waals surface area (Å²) in [6.07, 6.45) is 0. The predicted octanol–water partition coefficient (Wildman–Crippen LogP) is 2.07. The van der Waals surface area contributed by atoms with E-state index < -0.39 is 22.0 Å². The van der Waals surface area contributed by atoms with E-state index in [2.05, 4.69) is 9.71 Å². The number of ether oxygens (including phenoxy) is 1. The lowest BCUT2D eigenvalue weighted by Gasteiger charge is -2.38. The minimum absolute atomic E-state index is 0.0144. The third-order valence-electron chi connectivity index (χ3n) is 6.90. The van der Waals surface area contributed by atoms with E-state index in [0.29, 0.717) is 38.5 Å². The molecule has 2 heterocycles. The monoisotopic (exact) mass is 569 g/mol. The standard InChI is InChI=1S/C28H35N5O6S/c1-19(2)28(35)33-14-12-32(13-15-33)26(27(34)31-36)17-29-40(37,38)23-10-8-22(9-11-23)39-18-21-16-20(3)30-25-7-5-4-6-24(21)25/h4-11,16,19,26,29,36H,12-15,17-18H2,1-3H3,(H,31,34). The maximum atomic E-state index is 13.0. The molecule has 2 aromatic carbocycles. The van der Waals surface area contributed by atoms with Crippen LogP contribution in [0.15, 0.2) is 59.5 Å². The quantitative estimate of drug-likeness (QED) is 0.249. The van der Waals surface area contributed by atoms with E-state index in [9.17, 15) is 23.2 Å². The van der Waals surface area contributed by atoms with E-state index in [0.717, 1.165) is 22.2 Å². The molecule has 3 aromatic rings. The summed E-state index contributed by atoms with van der Waals surface area (Å²) in [4.78, 5) is 32.7. The van der Waals surface area contributed by atoms with E-state index in [1.165, 1.54) is 12.1 Å². The molecule has 1 aliphatic heterocycles. The molecule has 1 aromatic heterocycles. The number of hydrogen-bond acceptors (Lipinski definition) is 8. The van der Waals surface area contributed by atoms with Gasteiger partial charge in [0.05, 0.1) is 10.4 Å². The van der Waals surface area contributed by atoms with Crippen LogP contribution in [0.3, 0.4) is 0 Å². The van der Waals surface area contributed by atoms with Crippen LogP contribution in [0, 0.1) is 12.8 Å². The molecular weight excluding hydrogens is 534 g/mol. The van der Waals surface area contributed by atoms with Crippen LogP contribution in [-0.2, 0) is 26.2 Å². The zero-order chi connectivity index (χ0) is 28.9. The zero-order valence-electron chi connectivity index (χ0n) is 22.8. The number of nitrogens with zero attached hydrogens (tertiary/aromatic N) is 3. The Labute approximate surface area is 234 Å². The Morgan fingerprint density at radius 1 is 1.05 bits per heavy atom. The fourth-order valence-corrected chi connectivity index (χ4v) is 5.78. The van der Waals surface area contributed by atoms with E-state index in [4.69, 9.17) is 4.74 Å². The number of sulfonamides is 1. The van der Waals surface area contributed by atoms with Crippen LogP contribution in [-0.4, -0.2) is 79.0 Å². The number of aryl methyl sites for hydroxylation is 1. The SMILES string of the molecule is Cc1cc(COc2ccc(S(=O)(=O)NCC(C(=O)NO)N3CCN(C(=O)C(C)C)CC3)cc2)c2ccccc2n1. The van der Waals surface area contributed by atoms with Crippen molar-refractivity contribution in [1.82, 2.24) is 25.0 Å². The lowest BCUT2D eigenvalue weighted by atomic mass is 10.1. The van der Waals surface area contributed by atoms with Crippen molar-refractivity contribution >= 4 is 32.7 Å². The predicted molar refractivity (Wildman–Crippen MR) is 149 cm³/mol. The van der Waals surface area contributed by atoms with Crippen LogP contribution in [0.1, 0.15) is 25.1 Å². The Kier molecular flexibility index (Phi) is 9.36. The molecular formula is C28H35N5O6S. The van der Waals surface area contributed by atoms with Gasteiger partial charge in [0.25, 0.3) is 5.91 Å². The van der Waals surface area contributed by atoms with Gasteiger partial charge in [-0.3, -0.25) is 24.7 Å². The molecule has 214 valence electrons. The summed E-state index contributed by atoms with van der Waals surface area (Å²) in [7, 11) is -3.96. The Morgan fingerprint density at radius 2 is 1.73 bits per heavy atom. The molecule has 0 spiro atoms. The van der Waals surface area contributed by atoms with Gasteiger partial charge in [0, 0.05) is 55.3 Å². The van der Waals surface area contributed by atoms with Gasteiger partial charge in [-0.05, 0) is 43.3 Å². The molecule has 0 radical (unpaired) electrons. The summed E-state index contributed by atoms with van der Waals surface area (Å²) in [6, 6.07) is 14.8. The number of hydroxylamine groups is 1. The van der Waals surface area contributed by atoms with Gasteiger partial charge in [0.15, 0.2) is 0 Å². The highest BCUT2D eigenvalue weighted by Gasteiger charge is 2.32. The highest BCUT2D eigenvalue weighted by Crippen LogP contribution is 2.22. The number of carbonyl (C=O) groups is 2. The van der Waals surface area contributed by atoms with Crippen molar-refractivity contribution in [2.75, 3.05) is 32.7 Å². The van der Waals surface area contributed by atoms with Gasteiger partial charge < -0.3 is 9.64 Å². The Hall–Kier alpha value is -3.58. The number of piperazine rings is 1. The summed E-state index contributed by atoms with van der Waals surface area (Å²) in [5.41, 5.74) is 4.36. The molecule has 0 saturated carbocycles. The maximum absolute atomic E-state index is 13.0. The van der Waals surface area contributed by atoms with Gasteiger partial charge in [-0.1, -0.05) is 32.0 Å². The molecule has 40 heavy (non-hydrogen) atoms. The molecule has 0 aliphatic carbocycles. The number of nitrogens with one attached hydrogen (secondary N) is 2. The third-order valence-corrected chi connectivity index (χ3v) is 8.34. The second-order valence-corrected chi connectivity index (χ2v) is 11.8. The fourth-order valence-electron chi connectivity index (χ4n) is 4.74. The summed E-state index contributed by atoms with van der Waals surface area (Å²) >= 11 is 0. The van der Waals surface area contributed by atoms with Crippen molar-refractivity contribution in [3.8, 4) is 5.75 Å². The lowest BCUT2D eigenvalue weighted by molar-refractivity contribution is -0.139. The number of rotatable bonds is 10. The van der Waals surface area contributed by atoms with Crippen molar-refractivity contribution < 1.29 is 28.0 Å². The van der Waals surface area contributed by atoms with Gasteiger partial charge in [0.1, 0.15) is 18.4 Å². The number of para-hydroxylation sites is 1. The van der Waals surface area contributed by atoms with Gasteiger partial charge in [0.2, 0.25) is 15.9 Å². The molecule has 4 rings (SSSR count). The number of benzene rings is 2. The molecule has 1 unspecified atom stereocenters. The number of aromatic nitrogens is 1. The second-order valence-electron chi connectivity index (χ2n) is 10.1. The summed E-state index contributed by atoms with van der Waals surface area (Å²) < 4.78 is 34.4. The average molecular weight is 570 g/mol. The van der Waals surface area contributed by atoms with Gasteiger partial charge in [-0.25, -0.2) is 18.6 Å². The third kappa shape index (κ3) is 6.94. The molecule has 1 aliphatic rings. The molecule has 1 saturated heterocycles. The molecule has 0 bridgehead atoms. The summed E-state index contributed by atoms with van der Waals surface area (Å²) in [5.74, 6) is -0.329. The largest absolute Gasteiger partial charge is 0.489 e. The van der Waals surface area contributed by atoms with Crippen LogP contribution in [0.4, 0.5) is 0 Å². The molecule has 11 nitrogen and oxygen atoms in total. The molecule has 3 N–H and O–H groups in total. The zero-order valence-corrected chi connectivity index (χ0v) is 23.6.